The molecule has 2 rings (SSSR count). The third-order valence-corrected chi connectivity index (χ3v) is 3.69. The molecular weight excluding hydrogens is 282 g/mol. The summed E-state index contributed by atoms with van der Waals surface area (Å²) >= 11 is 0. The van der Waals surface area contributed by atoms with Crippen LogP contribution in [0.15, 0.2) is 24.3 Å². The fourth-order valence-corrected chi connectivity index (χ4v) is 2.34. The molecule has 0 spiro atoms. The van der Waals surface area contributed by atoms with Gasteiger partial charge in [-0.15, -0.1) is 10.2 Å². The van der Waals surface area contributed by atoms with E-state index in [2.05, 4.69) is 20.6 Å². The summed E-state index contributed by atoms with van der Waals surface area (Å²) in [4.78, 5) is 14.3. The Hall–Kier alpha value is -2.44. The summed E-state index contributed by atoms with van der Waals surface area (Å²) in [5, 5.41) is 13.9. The van der Waals surface area contributed by atoms with Crippen LogP contribution in [0, 0.1) is 0 Å². The van der Waals surface area contributed by atoms with Crippen LogP contribution in [0.4, 0.5) is 0 Å². The maximum atomic E-state index is 12.6. The molecule has 0 aliphatic rings. The van der Waals surface area contributed by atoms with Crippen LogP contribution in [0.2, 0.25) is 0 Å². The van der Waals surface area contributed by atoms with Crippen molar-refractivity contribution in [2.75, 3.05) is 20.7 Å². The van der Waals surface area contributed by atoms with E-state index >= 15 is 0 Å². The molecule has 1 aromatic carbocycles. The molecule has 0 saturated carbocycles. The molecule has 0 aliphatic carbocycles. The number of rotatable bonds is 6. The molecule has 22 heavy (non-hydrogen) atoms. The number of nitrogens with zero attached hydrogens (tertiary/aromatic N) is 4. The highest BCUT2D eigenvalue weighted by atomic mass is 16.5. The van der Waals surface area contributed by atoms with Crippen LogP contribution >= 0.6 is 0 Å². The van der Waals surface area contributed by atoms with Crippen molar-refractivity contribution in [2.45, 2.75) is 25.7 Å². The smallest absolute Gasteiger partial charge is 0.229 e. The number of aromatic nitrogens is 4. The van der Waals surface area contributed by atoms with Gasteiger partial charge in [-0.05, 0) is 24.6 Å². The average molecular weight is 303 g/mol. The number of hydrogen-bond donors (Lipinski definition) is 1. The van der Waals surface area contributed by atoms with Crippen LogP contribution < -0.4 is 4.74 Å². The zero-order valence-corrected chi connectivity index (χ0v) is 13.3. The molecule has 7 heteroatoms. The highest BCUT2D eigenvalue weighted by molar-refractivity contribution is 5.83. The van der Waals surface area contributed by atoms with Crippen LogP contribution in [0.25, 0.3) is 0 Å². The SMILES string of the molecule is COc1cccc(C(C)C(=O)N(C)CC(C)c2nn[nH]n2)c1. The number of hydrogen-bond acceptors (Lipinski definition) is 5. The van der Waals surface area contributed by atoms with Gasteiger partial charge in [0.05, 0.1) is 13.0 Å². The van der Waals surface area contributed by atoms with Gasteiger partial charge in [-0.1, -0.05) is 24.3 Å². The normalized spacial score (nSPS) is 13.5. The van der Waals surface area contributed by atoms with E-state index in [9.17, 15) is 4.79 Å². The van der Waals surface area contributed by atoms with Crippen LogP contribution in [-0.2, 0) is 4.79 Å². The number of ether oxygens (including phenoxy) is 1. The van der Waals surface area contributed by atoms with E-state index in [0.29, 0.717) is 12.4 Å². The minimum absolute atomic E-state index is 0.0187. The highest BCUT2D eigenvalue weighted by Gasteiger charge is 2.22. The van der Waals surface area contributed by atoms with E-state index < -0.39 is 0 Å². The van der Waals surface area contributed by atoms with Crippen LogP contribution in [0.1, 0.15) is 37.1 Å². The Morgan fingerprint density at radius 2 is 2.18 bits per heavy atom. The van der Waals surface area contributed by atoms with Gasteiger partial charge in [0.25, 0.3) is 0 Å². The number of amides is 1. The first-order valence-electron chi connectivity index (χ1n) is 7.15. The van der Waals surface area contributed by atoms with Crippen LogP contribution in [-0.4, -0.2) is 52.1 Å². The van der Waals surface area contributed by atoms with E-state index in [4.69, 9.17) is 4.74 Å². The number of methoxy groups -OCH3 is 1. The van der Waals surface area contributed by atoms with Crippen molar-refractivity contribution in [2.24, 2.45) is 0 Å². The number of likely N-dealkylation sites (N-methyl/N-ethyl adjacent to an activating group) is 1. The van der Waals surface area contributed by atoms with E-state index in [1.54, 1.807) is 19.1 Å². The van der Waals surface area contributed by atoms with Crippen molar-refractivity contribution in [3.63, 3.8) is 0 Å². The molecular formula is C15H21N5O2. The first-order valence-corrected chi connectivity index (χ1v) is 7.15. The second kappa shape index (κ2) is 7.02. The molecule has 1 aromatic heterocycles. The zero-order chi connectivity index (χ0) is 16.1. The minimum atomic E-state index is -0.238. The third-order valence-electron chi connectivity index (χ3n) is 3.69. The molecule has 118 valence electrons. The summed E-state index contributed by atoms with van der Waals surface area (Å²) in [6.45, 7) is 4.39. The number of carbonyl (C=O) groups is 1. The molecule has 0 bridgehead atoms. The largest absolute Gasteiger partial charge is 0.497 e. The van der Waals surface area contributed by atoms with E-state index in [1.807, 2.05) is 38.1 Å². The molecule has 0 aliphatic heterocycles. The maximum Gasteiger partial charge on any atom is 0.229 e. The predicted molar refractivity (Wildman–Crippen MR) is 81.6 cm³/mol. The van der Waals surface area contributed by atoms with Gasteiger partial charge < -0.3 is 9.64 Å². The van der Waals surface area contributed by atoms with Crippen LogP contribution in [0.5, 0.6) is 5.75 Å². The topological polar surface area (TPSA) is 84.0 Å². The number of H-pyrrole nitrogens is 1. The van der Waals surface area contributed by atoms with Gasteiger partial charge in [-0.2, -0.15) is 5.21 Å². The van der Waals surface area contributed by atoms with Gasteiger partial charge in [0, 0.05) is 19.5 Å². The second-order valence-electron chi connectivity index (χ2n) is 5.39. The zero-order valence-electron chi connectivity index (χ0n) is 13.3. The fourth-order valence-electron chi connectivity index (χ4n) is 2.34. The lowest BCUT2D eigenvalue weighted by Gasteiger charge is -2.23. The Morgan fingerprint density at radius 3 is 2.82 bits per heavy atom. The van der Waals surface area contributed by atoms with Crippen molar-refractivity contribution in [3.05, 3.63) is 35.7 Å². The molecule has 0 radical (unpaired) electrons. The van der Waals surface area contributed by atoms with Crippen molar-refractivity contribution in [1.82, 2.24) is 25.5 Å². The molecule has 1 heterocycles. The van der Waals surface area contributed by atoms with Crippen molar-refractivity contribution < 1.29 is 9.53 Å². The van der Waals surface area contributed by atoms with Crippen LogP contribution in [0.3, 0.4) is 0 Å². The molecule has 7 nitrogen and oxygen atoms in total. The Kier molecular flexibility index (Phi) is 5.08. The first-order chi connectivity index (χ1) is 10.5. The summed E-state index contributed by atoms with van der Waals surface area (Å²) in [6.07, 6.45) is 0. The molecule has 1 N–H and O–H groups in total. The Labute approximate surface area is 129 Å². The summed E-state index contributed by atoms with van der Waals surface area (Å²) in [7, 11) is 3.40. The highest BCUT2D eigenvalue weighted by Crippen LogP contribution is 2.23. The Bertz CT molecular complexity index is 614. The number of tetrazole rings is 1. The Balaban J connectivity index is 2.02. The number of aromatic amines is 1. The van der Waals surface area contributed by atoms with Gasteiger partial charge in [0.2, 0.25) is 5.91 Å². The molecule has 0 fully saturated rings. The van der Waals surface area contributed by atoms with Gasteiger partial charge in [-0.3, -0.25) is 4.79 Å². The minimum Gasteiger partial charge on any atom is -0.497 e. The Morgan fingerprint density at radius 1 is 1.41 bits per heavy atom. The first kappa shape index (κ1) is 15.9. The molecule has 0 saturated heterocycles. The summed E-state index contributed by atoms with van der Waals surface area (Å²) in [5.41, 5.74) is 0.934. The second-order valence-corrected chi connectivity index (χ2v) is 5.39. The van der Waals surface area contributed by atoms with E-state index in [1.165, 1.54) is 0 Å². The van der Waals surface area contributed by atoms with Gasteiger partial charge in [0.15, 0.2) is 5.82 Å². The monoisotopic (exact) mass is 303 g/mol. The standard InChI is InChI=1S/C15H21N5O2/c1-10(14-16-18-19-17-14)9-20(3)15(21)11(2)12-6-5-7-13(8-12)22-4/h5-8,10-11H,9H2,1-4H3,(H,16,17,18,19). The summed E-state index contributed by atoms with van der Waals surface area (Å²) in [6, 6.07) is 7.57. The van der Waals surface area contributed by atoms with Crippen molar-refractivity contribution in [3.8, 4) is 5.75 Å². The third kappa shape index (κ3) is 3.60. The lowest BCUT2D eigenvalue weighted by molar-refractivity contribution is -0.131. The summed E-state index contributed by atoms with van der Waals surface area (Å²) in [5.74, 6) is 1.18. The van der Waals surface area contributed by atoms with Crippen molar-refractivity contribution in [1.29, 1.82) is 0 Å². The lowest BCUT2D eigenvalue weighted by atomic mass is 9.99. The van der Waals surface area contributed by atoms with Gasteiger partial charge >= 0.3 is 0 Å². The maximum absolute atomic E-state index is 12.6. The summed E-state index contributed by atoms with van der Waals surface area (Å²) < 4.78 is 5.21. The fraction of sp³-hybridized carbons (Fsp3) is 0.467. The quantitative estimate of drug-likeness (QED) is 0.875. The molecule has 2 unspecified atom stereocenters. The number of benzene rings is 1. The lowest BCUT2D eigenvalue weighted by Crippen LogP contribution is -2.33. The van der Waals surface area contributed by atoms with E-state index in [-0.39, 0.29) is 17.7 Å². The average Bonchev–Trinajstić information content (AvgIpc) is 3.08. The predicted octanol–water partition coefficient (Wildman–Crippen LogP) is 1.57. The molecule has 2 atom stereocenters. The molecule has 2 aromatic rings. The number of nitrogens with one attached hydrogen (secondary N) is 1. The van der Waals surface area contributed by atoms with E-state index in [0.717, 1.165) is 11.3 Å². The molecule has 1 amide bonds. The van der Waals surface area contributed by atoms with Gasteiger partial charge in [-0.25, -0.2) is 0 Å². The van der Waals surface area contributed by atoms with Crippen molar-refractivity contribution >= 4 is 5.91 Å². The van der Waals surface area contributed by atoms with Gasteiger partial charge in [0.1, 0.15) is 5.75 Å². The number of carbonyl (C=O) groups excluding carboxylic acids is 1.